The van der Waals surface area contributed by atoms with Crippen LogP contribution in [0.25, 0.3) is 0 Å². The molecule has 6 heteroatoms. The van der Waals surface area contributed by atoms with Crippen molar-refractivity contribution < 1.29 is 18.3 Å². The number of carbonyl (C=O) groups is 1. The maximum Gasteiger partial charge on any atom is 0.337 e. The van der Waals surface area contributed by atoms with Gasteiger partial charge in [-0.05, 0) is 37.0 Å². The van der Waals surface area contributed by atoms with E-state index in [-0.39, 0.29) is 22.1 Å². The lowest BCUT2D eigenvalue weighted by molar-refractivity contribution is 0.0692. The van der Waals surface area contributed by atoms with Gasteiger partial charge in [-0.15, -0.1) is 0 Å². The Balaban J connectivity index is 2.41. The molecule has 1 aliphatic carbocycles. The molecule has 1 aliphatic rings. The van der Waals surface area contributed by atoms with Crippen LogP contribution >= 0.6 is 15.9 Å². The lowest BCUT2D eigenvalue weighted by Crippen LogP contribution is -2.23. The molecule has 2 rings (SSSR count). The number of carboxylic acid groups (broad SMARTS) is 1. The fourth-order valence-electron chi connectivity index (χ4n) is 1.99. The number of sulfone groups is 1. The van der Waals surface area contributed by atoms with Gasteiger partial charge in [0.25, 0.3) is 0 Å². The van der Waals surface area contributed by atoms with Gasteiger partial charge >= 0.3 is 5.97 Å². The van der Waals surface area contributed by atoms with E-state index in [1.54, 1.807) is 0 Å². The number of rotatable bonds is 4. The normalized spacial score (nSPS) is 16.3. The zero-order valence-corrected chi connectivity index (χ0v) is 12.0. The molecule has 0 unspecified atom stereocenters. The minimum absolute atomic E-state index is 0.0454. The summed E-state index contributed by atoms with van der Waals surface area (Å²) < 4.78 is 25.0. The number of halogens is 1. The summed E-state index contributed by atoms with van der Waals surface area (Å²) in [5.41, 5.74) is -0.155. The summed E-state index contributed by atoms with van der Waals surface area (Å²) in [5, 5.41) is 9.05. The molecule has 1 saturated carbocycles. The van der Waals surface area contributed by atoms with Crippen LogP contribution in [0.4, 0.5) is 0 Å². The maximum atomic E-state index is 12.2. The van der Waals surface area contributed by atoms with Crippen LogP contribution in [-0.4, -0.2) is 25.2 Å². The van der Waals surface area contributed by atoms with Crippen LogP contribution in [0.3, 0.4) is 0 Å². The highest BCUT2D eigenvalue weighted by molar-refractivity contribution is 9.10. The number of hydrogen-bond acceptors (Lipinski definition) is 3. The molecule has 0 heterocycles. The van der Waals surface area contributed by atoms with Crippen molar-refractivity contribution in [1.82, 2.24) is 0 Å². The van der Waals surface area contributed by atoms with Crippen molar-refractivity contribution in [2.45, 2.75) is 24.2 Å². The van der Waals surface area contributed by atoms with Gasteiger partial charge in [-0.2, -0.15) is 0 Å². The average Bonchev–Trinajstić information content (AvgIpc) is 2.23. The van der Waals surface area contributed by atoms with Crippen molar-refractivity contribution in [2.75, 3.05) is 5.75 Å². The molecule has 0 spiro atoms. The molecule has 1 N–H and O–H groups in total. The summed E-state index contributed by atoms with van der Waals surface area (Å²) in [6.07, 6.45) is 2.88. The molecule has 1 aromatic carbocycles. The van der Waals surface area contributed by atoms with Gasteiger partial charge in [-0.25, -0.2) is 13.2 Å². The van der Waals surface area contributed by atoms with E-state index < -0.39 is 15.8 Å². The number of hydrogen-bond donors (Lipinski definition) is 1. The van der Waals surface area contributed by atoms with Gasteiger partial charge < -0.3 is 5.11 Å². The van der Waals surface area contributed by atoms with Crippen molar-refractivity contribution in [2.24, 2.45) is 5.92 Å². The summed E-state index contributed by atoms with van der Waals surface area (Å²) in [6.45, 7) is 0. The van der Waals surface area contributed by atoms with Crippen LogP contribution in [0, 0.1) is 5.92 Å². The molecular weight excluding hydrogens is 320 g/mol. The fourth-order valence-corrected chi connectivity index (χ4v) is 4.43. The highest BCUT2D eigenvalue weighted by atomic mass is 79.9. The van der Waals surface area contributed by atoms with Gasteiger partial charge in [0, 0.05) is 4.47 Å². The summed E-state index contributed by atoms with van der Waals surface area (Å²) in [5.74, 6) is -0.991. The Morgan fingerprint density at radius 2 is 2.06 bits per heavy atom. The third kappa shape index (κ3) is 2.75. The van der Waals surface area contributed by atoms with Crippen LogP contribution in [0.15, 0.2) is 27.6 Å². The van der Waals surface area contributed by atoms with E-state index in [1.165, 1.54) is 18.2 Å². The molecule has 4 nitrogen and oxygen atoms in total. The SMILES string of the molecule is O=C(O)c1ccc(Br)cc1S(=O)(=O)CC1CCC1. The van der Waals surface area contributed by atoms with E-state index in [2.05, 4.69) is 15.9 Å². The molecular formula is C12H13BrO4S. The van der Waals surface area contributed by atoms with E-state index in [4.69, 9.17) is 5.11 Å². The zero-order valence-electron chi connectivity index (χ0n) is 9.60. The maximum absolute atomic E-state index is 12.2. The molecule has 0 amide bonds. The number of carboxylic acids is 1. The van der Waals surface area contributed by atoms with E-state index in [9.17, 15) is 13.2 Å². The van der Waals surface area contributed by atoms with E-state index in [0.29, 0.717) is 4.47 Å². The van der Waals surface area contributed by atoms with Crippen LogP contribution in [-0.2, 0) is 9.84 Å². The fraction of sp³-hybridized carbons (Fsp3) is 0.417. The highest BCUT2D eigenvalue weighted by Crippen LogP contribution is 2.31. The van der Waals surface area contributed by atoms with Crippen LogP contribution in [0.1, 0.15) is 29.6 Å². The molecule has 1 aromatic rings. The number of benzene rings is 1. The number of aromatic carboxylic acids is 1. The van der Waals surface area contributed by atoms with Gasteiger partial charge in [0.15, 0.2) is 9.84 Å². The van der Waals surface area contributed by atoms with E-state index >= 15 is 0 Å². The first-order valence-corrected chi connectivity index (χ1v) is 8.10. The first-order chi connectivity index (χ1) is 8.40. The standard InChI is InChI=1S/C12H13BrO4S/c13-9-4-5-10(12(14)15)11(6-9)18(16,17)7-8-2-1-3-8/h4-6,8H,1-3,7H2,(H,14,15). The minimum atomic E-state index is -3.53. The van der Waals surface area contributed by atoms with Crippen molar-refractivity contribution in [3.8, 4) is 0 Å². The second kappa shape index (κ2) is 5.01. The van der Waals surface area contributed by atoms with Crippen molar-refractivity contribution in [3.63, 3.8) is 0 Å². The van der Waals surface area contributed by atoms with Crippen molar-refractivity contribution >= 4 is 31.7 Å². The summed E-state index contributed by atoms with van der Waals surface area (Å²) >= 11 is 3.18. The average molecular weight is 333 g/mol. The highest BCUT2D eigenvalue weighted by Gasteiger charge is 2.29. The molecule has 0 radical (unpaired) electrons. The molecule has 1 fully saturated rings. The Bertz CT molecular complexity index is 576. The first-order valence-electron chi connectivity index (χ1n) is 5.66. The second-order valence-corrected chi connectivity index (χ2v) is 7.44. The monoisotopic (exact) mass is 332 g/mol. The van der Waals surface area contributed by atoms with E-state index in [1.807, 2.05) is 0 Å². The molecule has 0 bridgehead atoms. The van der Waals surface area contributed by atoms with Crippen molar-refractivity contribution in [1.29, 1.82) is 0 Å². The predicted octanol–water partition coefficient (Wildman–Crippen LogP) is 2.72. The predicted molar refractivity (Wildman–Crippen MR) is 70.5 cm³/mol. The molecule has 0 saturated heterocycles. The van der Waals surface area contributed by atoms with Gasteiger partial charge in [0.2, 0.25) is 0 Å². The molecule has 0 aromatic heterocycles. The lowest BCUT2D eigenvalue weighted by Gasteiger charge is -2.25. The Kier molecular flexibility index (Phi) is 3.77. The molecule has 0 aliphatic heterocycles. The van der Waals surface area contributed by atoms with E-state index in [0.717, 1.165) is 19.3 Å². The largest absolute Gasteiger partial charge is 0.478 e. The topological polar surface area (TPSA) is 71.4 Å². The lowest BCUT2D eigenvalue weighted by atomic mass is 9.87. The zero-order chi connectivity index (χ0) is 13.3. The first kappa shape index (κ1) is 13.5. The third-order valence-corrected chi connectivity index (χ3v) is 5.60. The van der Waals surface area contributed by atoms with Crippen LogP contribution in [0.2, 0.25) is 0 Å². The summed E-state index contributed by atoms with van der Waals surface area (Å²) in [4.78, 5) is 11.0. The molecule has 0 atom stereocenters. The Morgan fingerprint density at radius 3 is 2.56 bits per heavy atom. The third-order valence-electron chi connectivity index (χ3n) is 3.19. The Morgan fingerprint density at radius 1 is 1.39 bits per heavy atom. The smallest absolute Gasteiger partial charge is 0.337 e. The van der Waals surface area contributed by atoms with Gasteiger partial charge in [0.05, 0.1) is 16.2 Å². The quantitative estimate of drug-likeness (QED) is 0.920. The van der Waals surface area contributed by atoms with Crippen LogP contribution < -0.4 is 0 Å². The second-order valence-electron chi connectivity index (χ2n) is 4.52. The van der Waals surface area contributed by atoms with Crippen LogP contribution in [0.5, 0.6) is 0 Å². The molecule has 18 heavy (non-hydrogen) atoms. The van der Waals surface area contributed by atoms with Gasteiger partial charge in [0.1, 0.15) is 0 Å². The van der Waals surface area contributed by atoms with Gasteiger partial charge in [-0.1, -0.05) is 22.4 Å². The minimum Gasteiger partial charge on any atom is -0.478 e. The summed E-state index contributed by atoms with van der Waals surface area (Å²) in [7, 11) is -3.53. The van der Waals surface area contributed by atoms with Crippen molar-refractivity contribution in [3.05, 3.63) is 28.2 Å². The Hall–Kier alpha value is -0.880. The Labute approximate surface area is 114 Å². The molecule has 98 valence electrons. The van der Waals surface area contributed by atoms with Gasteiger partial charge in [-0.3, -0.25) is 0 Å². The summed E-state index contributed by atoms with van der Waals surface area (Å²) in [6, 6.07) is 4.23.